The Labute approximate surface area is 130 Å². The molecule has 1 aromatic carbocycles. The number of fused-ring (bicyclic) bond motifs is 2. The van der Waals surface area contributed by atoms with Crippen LogP contribution in [0.25, 0.3) is 0 Å². The maximum Gasteiger partial charge on any atom is 0.236 e. The summed E-state index contributed by atoms with van der Waals surface area (Å²) in [6.45, 7) is 3.55. The number of likely N-dealkylation sites (tertiary alicyclic amines) is 1. The first-order valence-corrected chi connectivity index (χ1v) is 8.03. The molecule has 3 rings (SSSR count). The molecule has 2 atom stereocenters. The molecule has 0 saturated carbocycles. The molecule has 118 valence electrons. The predicted molar refractivity (Wildman–Crippen MR) is 85.4 cm³/mol. The minimum absolute atomic E-state index is 0.00191. The van der Waals surface area contributed by atoms with E-state index in [0.717, 1.165) is 37.1 Å². The van der Waals surface area contributed by atoms with E-state index in [9.17, 15) is 9.59 Å². The molecule has 1 spiro atoms. The molecule has 3 N–H and O–H groups in total. The lowest BCUT2D eigenvalue weighted by molar-refractivity contribution is -0.122. The van der Waals surface area contributed by atoms with Gasteiger partial charge in [0, 0.05) is 12.2 Å². The van der Waals surface area contributed by atoms with Gasteiger partial charge in [-0.3, -0.25) is 14.5 Å². The normalized spacial score (nSPS) is 27.1. The monoisotopic (exact) mass is 301 g/mol. The zero-order valence-corrected chi connectivity index (χ0v) is 13.0. The zero-order valence-electron chi connectivity index (χ0n) is 13.0. The summed E-state index contributed by atoms with van der Waals surface area (Å²) < 4.78 is 0. The molecular weight excluding hydrogens is 278 g/mol. The molecule has 22 heavy (non-hydrogen) atoms. The van der Waals surface area contributed by atoms with Gasteiger partial charge in [0.15, 0.2) is 0 Å². The number of nitrogens with one attached hydrogen (secondary N) is 1. The third kappa shape index (κ3) is 2.29. The van der Waals surface area contributed by atoms with Crippen molar-refractivity contribution in [1.29, 1.82) is 0 Å². The van der Waals surface area contributed by atoms with Crippen LogP contribution in [0.5, 0.6) is 0 Å². The Bertz CT molecular complexity index is 601. The molecule has 2 aliphatic heterocycles. The lowest BCUT2D eigenvalue weighted by atomic mass is 9.79. The predicted octanol–water partition coefficient (Wildman–Crippen LogP) is 1.63. The fourth-order valence-electron chi connectivity index (χ4n) is 3.79. The van der Waals surface area contributed by atoms with Gasteiger partial charge >= 0.3 is 0 Å². The van der Waals surface area contributed by atoms with Crippen LogP contribution in [0.4, 0.5) is 5.69 Å². The topological polar surface area (TPSA) is 75.4 Å². The molecule has 1 saturated heterocycles. The Kier molecular flexibility index (Phi) is 3.91. The molecule has 0 radical (unpaired) electrons. The Morgan fingerprint density at radius 2 is 2.18 bits per heavy atom. The highest BCUT2D eigenvalue weighted by atomic mass is 16.2. The number of primary amides is 1. The number of carbonyl (C=O) groups is 2. The Morgan fingerprint density at radius 3 is 2.91 bits per heavy atom. The van der Waals surface area contributed by atoms with Crippen LogP contribution in [0.15, 0.2) is 24.3 Å². The average molecular weight is 301 g/mol. The molecule has 2 heterocycles. The highest BCUT2D eigenvalue weighted by Gasteiger charge is 2.55. The number of nitrogens with two attached hydrogens (primary N) is 1. The fraction of sp³-hybridized carbons (Fsp3) is 0.529. The van der Waals surface area contributed by atoms with Gasteiger partial charge in [0.05, 0.1) is 11.5 Å². The Morgan fingerprint density at radius 1 is 1.41 bits per heavy atom. The van der Waals surface area contributed by atoms with Crippen LogP contribution in [-0.2, 0) is 15.0 Å². The van der Waals surface area contributed by atoms with E-state index < -0.39 is 5.41 Å². The van der Waals surface area contributed by atoms with Gasteiger partial charge in [-0.1, -0.05) is 38.0 Å². The third-order valence-electron chi connectivity index (χ3n) is 4.96. The molecule has 2 aliphatic rings. The van der Waals surface area contributed by atoms with E-state index in [1.807, 2.05) is 24.3 Å². The second-order valence-electron chi connectivity index (χ2n) is 6.38. The van der Waals surface area contributed by atoms with Crippen LogP contribution in [0.3, 0.4) is 0 Å². The van der Waals surface area contributed by atoms with Crippen molar-refractivity contribution in [2.45, 2.75) is 44.1 Å². The van der Waals surface area contributed by atoms with Crippen LogP contribution in [0.1, 0.15) is 38.2 Å². The molecular formula is C17H23N3O2. The maximum absolute atomic E-state index is 12.6. The molecule has 2 amide bonds. The Balaban J connectivity index is 1.89. The van der Waals surface area contributed by atoms with Crippen molar-refractivity contribution in [2.75, 3.05) is 18.4 Å². The SMILES string of the molecule is CCCCCN1CC2(CC1C(N)=O)C(=O)Nc1ccccc12. The van der Waals surface area contributed by atoms with Gasteiger partial charge in [0.1, 0.15) is 0 Å². The first-order valence-electron chi connectivity index (χ1n) is 8.03. The van der Waals surface area contributed by atoms with Gasteiger partial charge in [-0.15, -0.1) is 0 Å². The zero-order chi connectivity index (χ0) is 15.7. The number of nitrogens with zero attached hydrogens (tertiary/aromatic N) is 1. The number of para-hydroxylation sites is 1. The minimum Gasteiger partial charge on any atom is -0.368 e. The van der Waals surface area contributed by atoms with Crippen molar-refractivity contribution >= 4 is 17.5 Å². The summed E-state index contributed by atoms with van der Waals surface area (Å²) in [7, 11) is 0. The standard InChI is InChI=1S/C17H23N3O2/c1-2-3-6-9-20-11-17(10-14(20)15(18)21)12-7-4-5-8-13(12)19-16(17)22/h4-5,7-8,14H,2-3,6,9-11H2,1H3,(H2,18,21)(H,19,22). The number of benzene rings is 1. The lowest BCUT2D eigenvalue weighted by Crippen LogP contribution is -2.41. The Hall–Kier alpha value is -1.88. The average Bonchev–Trinajstić information content (AvgIpc) is 3.01. The number of anilines is 1. The third-order valence-corrected chi connectivity index (χ3v) is 4.96. The molecule has 5 nitrogen and oxygen atoms in total. The molecule has 5 heteroatoms. The van der Waals surface area contributed by atoms with Gasteiger partial charge in [0.2, 0.25) is 11.8 Å². The second kappa shape index (κ2) is 5.72. The highest BCUT2D eigenvalue weighted by molar-refractivity contribution is 6.07. The van der Waals surface area contributed by atoms with E-state index in [1.165, 1.54) is 0 Å². The van der Waals surface area contributed by atoms with Gasteiger partial charge in [-0.2, -0.15) is 0 Å². The minimum atomic E-state index is -0.623. The number of hydrogen-bond acceptors (Lipinski definition) is 3. The lowest BCUT2D eigenvalue weighted by Gasteiger charge is -2.23. The summed E-state index contributed by atoms with van der Waals surface area (Å²) in [5.74, 6) is -0.330. The summed E-state index contributed by atoms with van der Waals surface area (Å²) in [5.41, 5.74) is 6.84. The van der Waals surface area contributed by atoms with E-state index in [2.05, 4.69) is 17.1 Å². The quantitative estimate of drug-likeness (QED) is 0.812. The van der Waals surface area contributed by atoms with E-state index in [1.54, 1.807) is 0 Å². The van der Waals surface area contributed by atoms with E-state index in [-0.39, 0.29) is 17.9 Å². The summed E-state index contributed by atoms with van der Waals surface area (Å²) in [6, 6.07) is 7.41. The van der Waals surface area contributed by atoms with Crippen LogP contribution >= 0.6 is 0 Å². The number of amides is 2. The van der Waals surface area contributed by atoms with Crippen LogP contribution in [0.2, 0.25) is 0 Å². The van der Waals surface area contributed by atoms with E-state index in [0.29, 0.717) is 13.0 Å². The second-order valence-corrected chi connectivity index (χ2v) is 6.38. The summed E-state index contributed by atoms with van der Waals surface area (Å²) >= 11 is 0. The maximum atomic E-state index is 12.6. The van der Waals surface area contributed by atoms with Crippen LogP contribution in [0, 0.1) is 0 Å². The summed E-state index contributed by atoms with van der Waals surface area (Å²) in [6.07, 6.45) is 3.76. The smallest absolute Gasteiger partial charge is 0.236 e. The van der Waals surface area contributed by atoms with Crippen molar-refractivity contribution in [2.24, 2.45) is 5.73 Å². The highest BCUT2D eigenvalue weighted by Crippen LogP contribution is 2.46. The molecule has 1 fully saturated rings. The molecule has 2 unspecified atom stereocenters. The van der Waals surface area contributed by atoms with Gasteiger partial charge in [-0.25, -0.2) is 0 Å². The number of carbonyl (C=O) groups excluding carboxylic acids is 2. The van der Waals surface area contributed by atoms with Gasteiger partial charge in [-0.05, 0) is 31.0 Å². The van der Waals surface area contributed by atoms with Gasteiger partial charge in [0.25, 0.3) is 0 Å². The van der Waals surface area contributed by atoms with Gasteiger partial charge < -0.3 is 11.1 Å². The molecule has 0 aromatic heterocycles. The van der Waals surface area contributed by atoms with Crippen molar-refractivity contribution in [1.82, 2.24) is 4.90 Å². The molecule has 1 aromatic rings. The van der Waals surface area contributed by atoms with Crippen molar-refractivity contribution in [3.8, 4) is 0 Å². The number of rotatable bonds is 5. The number of hydrogen-bond donors (Lipinski definition) is 2. The summed E-state index contributed by atoms with van der Waals surface area (Å²) in [5, 5.41) is 2.96. The van der Waals surface area contributed by atoms with Crippen molar-refractivity contribution in [3.63, 3.8) is 0 Å². The molecule has 0 aliphatic carbocycles. The largest absolute Gasteiger partial charge is 0.368 e. The van der Waals surface area contributed by atoms with Crippen molar-refractivity contribution < 1.29 is 9.59 Å². The van der Waals surface area contributed by atoms with E-state index in [4.69, 9.17) is 5.73 Å². The van der Waals surface area contributed by atoms with Crippen LogP contribution < -0.4 is 11.1 Å². The van der Waals surface area contributed by atoms with Crippen LogP contribution in [-0.4, -0.2) is 35.8 Å². The van der Waals surface area contributed by atoms with E-state index >= 15 is 0 Å². The first kappa shape index (κ1) is 15.0. The number of unbranched alkanes of at least 4 members (excludes halogenated alkanes) is 2. The fourth-order valence-corrected chi connectivity index (χ4v) is 3.79. The first-order chi connectivity index (χ1) is 10.6. The summed E-state index contributed by atoms with van der Waals surface area (Å²) in [4.78, 5) is 26.6. The van der Waals surface area contributed by atoms with Crippen molar-refractivity contribution in [3.05, 3.63) is 29.8 Å². The molecule has 0 bridgehead atoms.